The molecule has 0 amide bonds. The molecule has 9 aromatic rings. The zero-order valence-corrected chi connectivity index (χ0v) is 28.7. The van der Waals surface area contributed by atoms with E-state index in [1.165, 1.54) is 64.7 Å². The molecule has 1 nitrogen and oxygen atoms in total. The number of anilines is 3. The van der Waals surface area contributed by atoms with E-state index in [-0.39, 0.29) is 0 Å². The van der Waals surface area contributed by atoms with Crippen LogP contribution >= 0.6 is 11.3 Å². The van der Waals surface area contributed by atoms with Crippen LogP contribution in [0.2, 0.25) is 0 Å². The van der Waals surface area contributed by atoms with Crippen LogP contribution < -0.4 is 4.90 Å². The Kier molecular flexibility index (Phi) is 6.97. The van der Waals surface area contributed by atoms with E-state index in [9.17, 15) is 0 Å². The number of hydrogen-bond acceptors (Lipinski definition) is 2. The summed E-state index contributed by atoms with van der Waals surface area (Å²) in [7, 11) is 0. The van der Waals surface area contributed by atoms with Crippen molar-refractivity contribution in [2.45, 2.75) is 5.41 Å². The van der Waals surface area contributed by atoms with Gasteiger partial charge in [-0.25, -0.2) is 0 Å². The maximum absolute atomic E-state index is 2.45. The topological polar surface area (TPSA) is 3.24 Å². The monoisotopic (exact) mass is 667 g/mol. The van der Waals surface area contributed by atoms with Gasteiger partial charge in [0.25, 0.3) is 0 Å². The Balaban J connectivity index is 1.20. The lowest BCUT2D eigenvalue weighted by Crippen LogP contribution is -2.28. The highest BCUT2D eigenvalue weighted by Crippen LogP contribution is 2.57. The van der Waals surface area contributed by atoms with Gasteiger partial charge in [0.2, 0.25) is 0 Å². The maximum Gasteiger partial charge on any atom is 0.0714 e. The minimum Gasteiger partial charge on any atom is -0.310 e. The number of hydrogen-bond donors (Lipinski definition) is 0. The third kappa shape index (κ3) is 4.61. The summed E-state index contributed by atoms with van der Waals surface area (Å²) in [6.45, 7) is 0. The van der Waals surface area contributed by atoms with Gasteiger partial charge >= 0.3 is 0 Å². The van der Waals surface area contributed by atoms with E-state index in [0.717, 1.165) is 17.1 Å². The van der Waals surface area contributed by atoms with E-state index in [2.05, 4.69) is 205 Å². The van der Waals surface area contributed by atoms with Gasteiger partial charge < -0.3 is 4.90 Å². The number of benzene rings is 8. The van der Waals surface area contributed by atoms with Gasteiger partial charge in [-0.15, -0.1) is 11.3 Å². The largest absolute Gasteiger partial charge is 0.310 e. The number of nitrogens with zero attached hydrogens (tertiary/aromatic N) is 1. The number of rotatable bonds is 6. The van der Waals surface area contributed by atoms with Gasteiger partial charge in [-0.1, -0.05) is 158 Å². The Morgan fingerprint density at radius 1 is 0.373 bits per heavy atom. The molecule has 0 atom stereocenters. The summed E-state index contributed by atoms with van der Waals surface area (Å²) in [4.78, 5) is 2.42. The minimum absolute atomic E-state index is 0.467. The maximum atomic E-state index is 2.45. The fourth-order valence-corrected chi connectivity index (χ4v) is 9.62. The van der Waals surface area contributed by atoms with Crippen LogP contribution in [0, 0.1) is 0 Å². The summed E-state index contributed by atoms with van der Waals surface area (Å²) in [6, 6.07) is 73.4. The Labute approximate surface area is 302 Å². The van der Waals surface area contributed by atoms with Crippen molar-refractivity contribution >= 4 is 48.6 Å². The zero-order valence-electron chi connectivity index (χ0n) is 27.9. The van der Waals surface area contributed by atoms with Gasteiger partial charge in [-0.2, -0.15) is 0 Å². The number of fused-ring (bicyclic) bond motifs is 6. The lowest BCUT2D eigenvalue weighted by atomic mass is 9.67. The molecule has 0 aliphatic heterocycles. The van der Waals surface area contributed by atoms with Crippen LogP contribution in [0.15, 0.2) is 200 Å². The molecular weight excluding hydrogens is 635 g/mol. The SMILES string of the molecule is c1ccc(N(c2cccc(-c3cccc4c3sc3ccccc34)c2)c2ccc3c(c2)C(c2ccccc2)(c2ccccc2)c2ccccc2-3)cc1. The average molecular weight is 668 g/mol. The van der Waals surface area contributed by atoms with Crippen LogP contribution in [0.4, 0.5) is 17.1 Å². The number of para-hydroxylation sites is 1. The van der Waals surface area contributed by atoms with E-state index >= 15 is 0 Å². The molecule has 0 N–H and O–H groups in total. The molecule has 1 heterocycles. The predicted molar refractivity (Wildman–Crippen MR) is 217 cm³/mol. The standard InChI is InChI=1S/C49H33NS/c1-4-17-35(18-5-1)49(36-19-6-2-7-20-36)45-28-12-10-24-41(45)42-31-30-39(33-46(42)49)50(37-21-8-3-9-22-37)38-23-14-16-34(32-38)40-26-15-27-44-43-25-11-13-29-47(43)51-48(40)44/h1-33H. The summed E-state index contributed by atoms with van der Waals surface area (Å²) in [5, 5.41) is 2.63. The van der Waals surface area contributed by atoms with Gasteiger partial charge in [-0.05, 0) is 87.0 Å². The van der Waals surface area contributed by atoms with E-state index in [4.69, 9.17) is 0 Å². The highest BCUT2D eigenvalue weighted by atomic mass is 32.1. The minimum atomic E-state index is -0.467. The summed E-state index contributed by atoms with van der Waals surface area (Å²) >= 11 is 1.88. The van der Waals surface area contributed by atoms with Crippen LogP contribution in [-0.4, -0.2) is 0 Å². The Morgan fingerprint density at radius 3 is 1.73 bits per heavy atom. The van der Waals surface area contributed by atoms with Crippen molar-refractivity contribution in [3.63, 3.8) is 0 Å². The van der Waals surface area contributed by atoms with Gasteiger partial charge in [0.1, 0.15) is 0 Å². The van der Waals surface area contributed by atoms with Crippen LogP contribution in [0.3, 0.4) is 0 Å². The first kappa shape index (κ1) is 29.7. The normalized spacial score (nSPS) is 12.9. The molecule has 1 aliphatic rings. The van der Waals surface area contributed by atoms with Crippen LogP contribution in [-0.2, 0) is 5.41 Å². The van der Waals surface area contributed by atoms with E-state index in [1.807, 2.05) is 11.3 Å². The lowest BCUT2D eigenvalue weighted by molar-refractivity contribution is 0.768. The van der Waals surface area contributed by atoms with Gasteiger partial charge in [0, 0.05) is 37.2 Å². The molecule has 0 saturated heterocycles. The Morgan fingerprint density at radius 2 is 0.941 bits per heavy atom. The van der Waals surface area contributed by atoms with Crippen molar-refractivity contribution in [2.75, 3.05) is 4.90 Å². The molecule has 8 aromatic carbocycles. The first-order chi connectivity index (χ1) is 25.3. The molecule has 240 valence electrons. The smallest absolute Gasteiger partial charge is 0.0714 e. The molecule has 2 heteroatoms. The fourth-order valence-electron chi connectivity index (χ4n) is 8.38. The molecule has 0 radical (unpaired) electrons. The highest BCUT2D eigenvalue weighted by molar-refractivity contribution is 7.26. The Hall–Kier alpha value is -6.22. The third-order valence-corrected chi connectivity index (χ3v) is 11.8. The predicted octanol–water partition coefficient (Wildman–Crippen LogP) is 13.6. The second-order valence-electron chi connectivity index (χ2n) is 13.3. The van der Waals surface area contributed by atoms with E-state index in [0.29, 0.717) is 0 Å². The highest BCUT2D eigenvalue weighted by Gasteiger charge is 2.46. The van der Waals surface area contributed by atoms with Crippen molar-refractivity contribution in [1.82, 2.24) is 0 Å². The average Bonchev–Trinajstić information content (AvgIpc) is 3.73. The molecule has 1 aliphatic carbocycles. The molecule has 10 rings (SSSR count). The molecule has 0 unspecified atom stereocenters. The third-order valence-electron chi connectivity index (χ3n) is 10.5. The molecule has 0 spiro atoms. The first-order valence-corrected chi connectivity index (χ1v) is 18.3. The van der Waals surface area contributed by atoms with Crippen LogP contribution in [0.5, 0.6) is 0 Å². The second-order valence-corrected chi connectivity index (χ2v) is 14.3. The summed E-state index contributed by atoms with van der Waals surface area (Å²) in [5.41, 5.74) is 13.1. The summed E-state index contributed by atoms with van der Waals surface area (Å²) in [5.74, 6) is 0. The quantitative estimate of drug-likeness (QED) is 0.171. The second kappa shape index (κ2) is 12.0. The van der Waals surface area contributed by atoms with Gasteiger partial charge in [0.15, 0.2) is 0 Å². The zero-order chi connectivity index (χ0) is 33.8. The molecule has 0 bridgehead atoms. The van der Waals surface area contributed by atoms with Crippen molar-refractivity contribution in [1.29, 1.82) is 0 Å². The molecule has 1 aromatic heterocycles. The molecule has 0 fully saturated rings. The molecular formula is C49H33NS. The lowest BCUT2D eigenvalue weighted by Gasteiger charge is -2.35. The van der Waals surface area contributed by atoms with Gasteiger partial charge in [-0.3, -0.25) is 0 Å². The van der Waals surface area contributed by atoms with E-state index in [1.54, 1.807) is 0 Å². The summed E-state index contributed by atoms with van der Waals surface area (Å²) in [6.07, 6.45) is 0. The van der Waals surface area contributed by atoms with Crippen molar-refractivity contribution in [2.24, 2.45) is 0 Å². The van der Waals surface area contributed by atoms with Crippen molar-refractivity contribution in [3.05, 3.63) is 222 Å². The molecule has 51 heavy (non-hydrogen) atoms. The van der Waals surface area contributed by atoms with E-state index < -0.39 is 5.41 Å². The van der Waals surface area contributed by atoms with Crippen LogP contribution in [0.1, 0.15) is 22.3 Å². The van der Waals surface area contributed by atoms with Crippen molar-refractivity contribution in [3.8, 4) is 22.3 Å². The van der Waals surface area contributed by atoms with Crippen molar-refractivity contribution < 1.29 is 0 Å². The van der Waals surface area contributed by atoms with Gasteiger partial charge in [0.05, 0.1) is 5.41 Å². The summed E-state index contributed by atoms with van der Waals surface area (Å²) < 4.78 is 2.65. The van der Waals surface area contributed by atoms with Crippen LogP contribution in [0.25, 0.3) is 42.4 Å². The Bertz CT molecular complexity index is 2650. The number of thiophene rings is 1. The molecule has 0 saturated carbocycles. The first-order valence-electron chi connectivity index (χ1n) is 17.5. The fraction of sp³-hybridized carbons (Fsp3) is 0.0204.